The maximum Gasteiger partial charge on any atom is 0.260 e. The molecule has 29 heavy (non-hydrogen) atoms. The molecule has 1 aromatic carbocycles. The second-order valence-electron chi connectivity index (χ2n) is 9.74. The molecule has 3 saturated heterocycles. The molecule has 4 rings (SSSR count). The number of ether oxygens (including phenoxy) is 1. The van der Waals surface area contributed by atoms with Crippen LogP contribution >= 0.6 is 0 Å². The van der Waals surface area contributed by atoms with E-state index in [1.54, 1.807) is 0 Å². The summed E-state index contributed by atoms with van der Waals surface area (Å²) in [6, 6.07) is 9.40. The van der Waals surface area contributed by atoms with E-state index in [0.717, 1.165) is 39.0 Å². The lowest BCUT2D eigenvalue weighted by molar-refractivity contribution is -0.141. The molecule has 2 unspecified atom stereocenters. The van der Waals surface area contributed by atoms with E-state index < -0.39 is 0 Å². The number of para-hydroxylation sites is 1. The Kier molecular flexibility index (Phi) is 5.32. The van der Waals surface area contributed by atoms with Gasteiger partial charge in [0.15, 0.2) is 6.61 Å². The molecule has 0 aromatic heterocycles. The maximum atomic E-state index is 13.2. The Labute approximate surface area is 173 Å². The van der Waals surface area contributed by atoms with E-state index in [1.165, 1.54) is 0 Å². The van der Waals surface area contributed by atoms with Gasteiger partial charge in [0.1, 0.15) is 5.75 Å². The van der Waals surface area contributed by atoms with Gasteiger partial charge in [0, 0.05) is 56.0 Å². The van der Waals surface area contributed by atoms with Crippen LogP contribution in [-0.2, 0) is 9.59 Å². The van der Waals surface area contributed by atoms with Crippen molar-refractivity contribution in [1.82, 2.24) is 14.7 Å². The van der Waals surface area contributed by atoms with Gasteiger partial charge in [-0.3, -0.25) is 9.59 Å². The lowest BCUT2D eigenvalue weighted by Crippen LogP contribution is -2.46. The zero-order valence-electron chi connectivity index (χ0n) is 17.9. The molecule has 3 fully saturated rings. The van der Waals surface area contributed by atoms with E-state index in [0.29, 0.717) is 18.8 Å². The second-order valence-corrected chi connectivity index (χ2v) is 9.74. The minimum atomic E-state index is -0.00137. The Morgan fingerprint density at radius 2 is 1.55 bits per heavy atom. The molecule has 0 radical (unpaired) electrons. The predicted octanol–water partition coefficient (Wildman–Crippen LogP) is 2.10. The molecule has 3 aliphatic rings. The van der Waals surface area contributed by atoms with Crippen molar-refractivity contribution in [3.05, 3.63) is 30.3 Å². The molecule has 0 spiro atoms. The van der Waals surface area contributed by atoms with Gasteiger partial charge in [-0.25, -0.2) is 0 Å². The van der Waals surface area contributed by atoms with Crippen LogP contribution in [0.2, 0.25) is 0 Å². The molecule has 6 heteroatoms. The van der Waals surface area contributed by atoms with Crippen LogP contribution in [0.15, 0.2) is 30.3 Å². The molecule has 0 bridgehead atoms. The molecule has 2 atom stereocenters. The molecule has 3 aliphatic heterocycles. The average Bonchev–Trinajstić information content (AvgIpc) is 3.08. The van der Waals surface area contributed by atoms with E-state index in [9.17, 15) is 9.59 Å². The Morgan fingerprint density at radius 1 is 0.966 bits per heavy atom. The minimum absolute atomic E-state index is 0.00137. The molecular weight excluding hydrogens is 366 g/mol. The van der Waals surface area contributed by atoms with Crippen molar-refractivity contribution in [1.29, 1.82) is 0 Å². The number of piperidine rings is 1. The number of rotatable bonds is 4. The van der Waals surface area contributed by atoms with Gasteiger partial charge in [0.2, 0.25) is 5.91 Å². The quantitative estimate of drug-likeness (QED) is 0.778. The molecule has 6 nitrogen and oxygen atoms in total. The van der Waals surface area contributed by atoms with Crippen molar-refractivity contribution in [2.75, 3.05) is 52.9 Å². The van der Waals surface area contributed by atoms with Gasteiger partial charge in [0.05, 0.1) is 0 Å². The van der Waals surface area contributed by atoms with Crippen molar-refractivity contribution in [2.45, 2.75) is 26.7 Å². The van der Waals surface area contributed by atoms with E-state index in [2.05, 4.69) is 30.7 Å². The van der Waals surface area contributed by atoms with Crippen LogP contribution in [-0.4, -0.2) is 79.4 Å². The number of hydrogen-bond donors (Lipinski definition) is 0. The topological polar surface area (TPSA) is 53.1 Å². The summed E-state index contributed by atoms with van der Waals surface area (Å²) in [6.45, 7) is 9.82. The van der Waals surface area contributed by atoms with Crippen LogP contribution in [0.25, 0.3) is 0 Å². The number of nitrogens with zero attached hydrogens (tertiary/aromatic N) is 3. The second kappa shape index (κ2) is 7.63. The van der Waals surface area contributed by atoms with Crippen LogP contribution in [0.1, 0.15) is 26.7 Å². The predicted molar refractivity (Wildman–Crippen MR) is 112 cm³/mol. The third-order valence-electron chi connectivity index (χ3n) is 7.39. The lowest BCUT2D eigenvalue weighted by Gasteiger charge is -2.34. The zero-order chi connectivity index (χ0) is 20.6. The number of carbonyl (C=O) groups is 2. The van der Waals surface area contributed by atoms with Crippen molar-refractivity contribution in [3.63, 3.8) is 0 Å². The van der Waals surface area contributed by atoms with Gasteiger partial charge in [-0.05, 0) is 32.0 Å². The summed E-state index contributed by atoms with van der Waals surface area (Å²) in [6.07, 6.45) is 1.50. The number of carbonyl (C=O) groups excluding carboxylic acids is 2. The summed E-state index contributed by atoms with van der Waals surface area (Å²) >= 11 is 0. The molecule has 0 aliphatic carbocycles. The van der Waals surface area contributed by atoms with Crippen molar-refractivity contribution >= 4 is 11.8 Å². The van der Waals surface area contributed by atoms with Crippen LogP contribution in [0.5, 0.6) is 5.75 Å². The largest absolute Gasteiger partial charge is 0.484 e. The van der Waals surface area contributed by atoms with Crippen LogP contribution in [0.3, 0.4) is 0 Å². The van der Waals surface area contributed by atoms with E-state index >= 15 is 0 Å². The average molecular weight is 400 g/mol. The first kappa shape index (κ1) is 20.2. The molecule has 1 aromatic rings. The summed E-state index contributed by atoms with van der Waals surface area (Å²) in [5.41, 5.74) is 0.367. The summed E-state index contributed by atoms with van der Waals surface area (Å²) in [5, 5.41) is 0. The third-order valence-corrected chi connectivity index (χ3v) is 7.39. The monoisotopic (exact) mass is 399 g/mol. The van der Waals surface area contributed by atoms with E-state index in [1.807, 2.05) is 35.2 Å². The van der Waals surface area contributed by atoms with Gasteiger partial charge in [0.25, 0.3) is 5.91 Å². The highest BCUT2D eigenvalue weighted by Crippen LogP contribution is 2.51. The highest BCUT2D eigenvalue weighted by Gasteiger charge is 2.57. The van der Waals surface area contributed by atoms with Crippen LogP contribution in [0, 0.1) is 16.7 Å². The summed E-state index contributed by atoms with van der Waals surface area (Å²) in [5.74, 6) is 1.03. The summed E-state index contributed by atoms with van der Waals surface area (Å²) in [4.78, 5) is 32.0. The third kappa shape index (κ3) is 3.87. The Hall–Kier alpha value is -2.08. The summed E-state index contributed by atoms with van der Waals surface area (Å²) in [7, 11) is 2.18. The van der Waals surface area contributed by atoms with Gasteiger partial charge in [-0.1, -0.05) is 32.0 Å². The zero-order valence-corrected chi connectivity index (χ0v) is 17.9. The maximum absolute atomic E-state index is 13.2. The Balaban J connectivity index is 1.27. The van der Waals surface area contributed by atoms with Crippen molar-refractivity contribution in [3.8, 4) is 5.75 Å². The van der Waals surface area contributed by atoms with Gasteiger partial charge >= 0.3 is 0 Å². The number of amides is 2. The Bertz CT molecular complexity index is 742. The minimum Gasteiger partial charge on any atom is -0.484 e. The standard InChI is InChI=1S/C23H33N3O3/c1-22-14-24(3)15-23(22,2)17-26(16-22)21(28)18-9-11-25(12-10-18)20(27)13-29-19-7-5-4-6-8-19/h4-8,18H,9-17H2,1-3H3. The molecule has 0 saturated carbocycles. The first-order chi connectivity index (χ1) is 13.8. The van der Waals surface area contributed by atoms with Crippen LogP contribution < -0.4 is 4.74 Å². The highest BCUT2D eigenvalue weighted by molar-refractivity contribution is 5.81. The molecular formula is C23H33N3O3. The van der Waals surface area contributed by atoms with Gasteiger partial charge < -0.3 is 19.4 Å². The fourth-order valence-electron chi connectivity index (χ4n) is 5.55. The normalized spacial score (nSPS) is 30.4. The van der Waals surface area contributed by atoms with Crippen molar-refractivity contribution < 1.29 is 14.3 Å². The van der Waals surface area contributed by atoms with E-state index in [-0.39, 0.29) is 35.2 Å². The van der Waals surface area contributed by atoms with Crippen LogP contribution in [0.4, 0.5) is 0 Å². The smallest absolute Gasteiger partial charge is 0.260 e. The molecule has 3 heterocycles. The molecule has 158 valence electrons. The molecule has 0 N–H and O–H groups in total. The fraction of sp³-hybridized carbons (Fsp3) is 0.652. The van der Waals surface area contributed by atoms with Gasteiger partial charge in [-0.2, -0.15) is 0 Å². The number of hydrogen-bond acceptors (Lipinski definition) is 4. The lowest BCUT2D eigenvalue weighted by atomic mass is 9.71. The number of likely N-dealkylation sites (tertiary alicyclic amines) is 3. The SMILES string of the molecule is CN1CC2(C)CN(C(=O)C3CCN(C(=O)COc4ccccc4)CC3)CC2(C)C1. The highest BCUT2D eigenvalue weighted by atomic mass is 16.5. The van der Waals surface area contributed by atoms with Gasteiger partial charge in [-0.15, -0.1) is 0 Å². The summed E-state index contributed by atoms with van der Waals surface area (Å²) < 4.78 is 5.58. The first-order valence-electron chi connectivity index (χ1n) is 10.7. The number of benzene rings is 1. The van der Waals surface area contributed by atoms with Crippen molar-refractivity contribution in [2.24, 2.45) is 16.7 Å². The molecule has 2 amide bonds. The Morgan fingerprint density at radius 3 is 2.14 bits per heavy atom. The van der Waals surface area contributed by atoms with E-state index in [4.69, 9.17) is 4.74 Å². The fourth-order valence-corrected chi connectivity index (χ4v) is 5.55. The number of fused-ring (bicyclic) bond motifs is 1. The first-order valence-corrected chi connectivity index (χ1v) is 10.7.